The van der Waals surface area contributed by atoms with E-state index < -0.39 is 0 Å². The number of benzene rings is 2. The lowest BCUT2D eigenvalue weighted by atomic mass is 10.2. The van der Waals surface area contributed by atoms with Crippen LogP contribution in [0.4, 0.5) is 0 Å². The highest BCUT2D eigenvalue weighted by molar-refractivity contribution is 5.56. The zero-order valence-corrected chi connectivity index (χ0v) is 11.9. The van der Waals surface area contributed by atoms with E-state index in [1.807, 2.05) is 71.4 Å². The standard InChI is InChI=1S/C9H8N2.C8H7N3/c1-2-4-9(5-3-1)11-7-6-10-8-11;1-2-4-7(5-3-1)8-6-9-11-10-8/h1-8H;1-6H,(H,9,10,11). The molecule has 2 heterocycles. The number of nitrogens with one attached hydrogen (secondary N) is 1. The molecule has 5 nitrogen and oxygen atoms in total. The topological polar surface area (TPSA) is 59.4 Å². The fourth-order valence-corrected chi connectivity index (χ4v) is 1.96. The maximum Gasteiger partial charge on any atom is 0.112 e. The Morgan fingerprint density at radius 2 is 1.59 bits per heavy atom. The van der Waals surface area contributed by atoms with Gasteiger partial charge >= 0.3 is 0 Å². The van der Waals surface area contributed by atoms with Crippen LogP contribution in [0.3, 0.4) is 0 Å². The van der Waals surface area contributed by atoms with Crippen molar-refractivity contribution >= 4 is 0 Å². The molecule has 5 heteroatoms. The third-order valence-electron chi connectivity index (χ3n) is 3.04. The van der Waals surface area contributed by atoms with Gasteiger partial charge in [0.05, 0.1) is 12.5 Å². The molecule has 0 amide bonds. The van der Waals surface area contributed by atoms with E-state index in [1.165, 1.54) is 0 Å². The molecule has 4 aromatic rings. The van der Waals surface area contributed by atoms with Gasteiger partial charge in [-0.2, -0.15) is 15.4 Å². The van der Waals surface area contributed by atoms with Gasteiger partial charge in [0.15, 0.2) is 0 Å². The van der Waals surface area contributed by atoms with Crippen LogP contribution in [0.1, 0.15) is 0 Å². The minimum atomic E-state index is 0.880. The zero-order valence-electron chi connectivity index (χ0n) is 11.9. The summed E-state index contributed by atoms with van der Waals surface area (Å²) >= 11 is 0. The number of aromatic amines is 1. The molecule has 0 radical (unpaired) electrons. The van der Waals surface area contributed by atoms with Crippen LogP contribution < -0.4 is 0 Å². The molecule has 0 saturated heterocycles. The lowest BCUT2D eigenvalue weighted by molar-refractivity contribution is 0.942. The van der Waals surface area contributed by atoms with Gasteiger partial charge < -0.3 is 4.57 Å². The van der Waals surface area contributed by atoms with Crippen LogP contribution >= 0.6 is 0 Å². The van der Waals surface area contributed by atoms with Gasteiger partial charge in [0.1, 0.15) is 5.69 Å². The molecule has 0 aliphatic carbocycles. The third kappa shape index (κ3) is 3.46. The molecule has 2 aromatic heterocycles. The average molecular weight is 289 g/mol. The molecule has 0 aliphatic rings. The Hall–Kier alpha value is -3.21. The predicted molar refractivity (Wildman–Crippen MR) is 85.4 cm³/mol. The van der Waals surface area contributed by atoms with Crippen LogP contribution in [0.15, 0.2) is 85.6 Å². The van der Waals surface area contributed by atoms with Gasteiger partial charge in [0.25, 0.3) is 0 Å². The second kappa shape index (κ2) is 6.99. The second-order valence-electron chi connectivity index (χ2n) is 4.53. The van der Waals surface area contributed by atoms with E-state index >= 15 is 0 Å². The summed E-state index contributed by atoms with van der Waals surface area (Å²) in [6.45, 7) is 0. The lowest BCUT2D eigenvalue weighted by Gasteiger charge is -1.98. The highest BCUT2D eigenvalue weighted by Gasteiger charge is 1.96. The van der Waals surface area contributed by atoms with Gasteiger partial charge in [0.2, 0.25) is 0 Å². The first-order valence-corrected chi connectivity index (χ1v) is 6.88. The summed E-state index contributed by atoms with van der Waals surface area (Å²) in [5, 5.41) is 10.2. The highest BCUT2D eigenvalue weighted by Crippen LogP contribution is 2.12. The molecule has 0 unspecified atom stereocenters. The first-order chi connectivity index (χ1) is 10.9. The number of hydrogen-bond acceptors (Lipinski definition) is 3. The van der Waals surface area contributed by atoms with E-state index in [-0.39, 0.29) is 0 Å². The maximum absolute atomic E-state index is 3.96. The van der Waals surface area contributed by atoms with E-state index in [1.54, 1.807) is 18.7 Å². The van der Waals surface area contributed by atoms with Crippen LogP contribution in [-0.2, 0) is 0 Å². The van der Waals surface area contributed by atoms with Gasteiger partial charge in [-0.25, -0.2) is 4.98 Å². The quantitative estimate of drug-likeness (QED) is 0.615. The van der Waals surface area contributed by atoms with Crippen molar-refractivity contribution in [2.24, 2.45) is 0 Å². The third-order valence-corrected chi connectivity index (χ3v) is 3.04. The minimum absolute atomic E-state index is 0.880. The molecule has 0 spiro atoms. The minimum Gasteiger partial charge on any atom is -0.306 e. The van der Waals surface area contributed by atoms with Gasteiger partial charge in [-0.15, -0.1) is 0 Å². The van der Waals surface area contributed by atoms with E-state index in [4.69, 9.17) is 0 Å². The number of imidazole rings is 1. The SMILES string of the molecule is c1ccc(-c2cn[nH]n2)cc1.c1ccc(-n2ccnc2)cc1. The van der Waals surface area contributed by atoms with Crippen LogP contribution in [0.5, 0.6) is 0 Å². The number of rotatable bonds is 2. The Kier molecular flexibility index (Phi) is 4.37. The van der Waals surface area contributed by atoms with Crippen molar-refractivity contribution in [2.75, 3.05) is 0 Å². The molecule has 0 aliphatic heterocycles. The van der Waals surface area contributed by atoms with Crippen molar-refractivity contribution < 1.29 is 0 Å². The number of H-pyrrole nitrogens is 1. The van der Waals surface area contributed by atoms with Crippen LogP contribution in [0, 0.1) is 0 Å². The summed E-state index contributed by atoms with van der Waals surface area (Å²) in [7, 11) is 0. The van der Waals surface area contributed by atoms with Crippen molar-refractivity contribution in [2.45, 2.75) is 0 Å². The number of hydrogen-bond donors (Lipinski definition) is 1. The van der Waals surface area contributed by atoms with E-state index in [0.717, 1.165) is 16.9 Å². The Bertz CT molecular complexity index is 693. The zero-order chi connectivity index (χ0) is 15.0. The van der Waals surface area contributed by atoms with E-state index in [9.17, 15) is 0 Å². The van der Waals surface area contributed by atoms with E-state index in [0.29, 0.717) is 0 Å². The summed E-state index contributed by atoms with van der Waals surface area (Å²) in [6.07, 6.45) is 7.19. The number of aromatic nitrogens is 5. The Labute approximate surface area is 128 Å². The van der Waals surface area contributed by atoms with Crippen molar-refractivity contribution in [1.82, 2.24) is 25.0 Å². The smallest absolute Gasteiger partial charge is 0.112 e. The predicted octanol–water partition coefficient (Wildman–Crippen LogP) is 3.34. The monoisotopic (exact) mass is 289 g/mol. The summed E-state index contributed by atoms with van der Waals surface area (Å²) in [6, 6.07) is 20.0. The van der Waals surface area contributed by atoms with Crippen molar-refractivity contribution in [3.05, 3.63) is 85.6 Å². The Balaban J connectivity index is 0.000000131. The molecule has 0 fully saturated rings. The van der Waals surface area contributed by atoms with Gasteiger partial charge in [-0.1, -0.05) is 48.5 Å². The molecule has 4 rings (SSSR count). The largest absolute Gasteiger partial charge is 0.306 e. The first kappa shape index (κ1) is 13.8. The molecule has 0 bridgehead atoms. The molecule has 0 atom stereocenters. The van der Waals surface area contributed by atoms with Gasteiger partial charge in [-0.05, 0) is 12.1 Å². The molecular formula is C17H15N5. The van der Waals surface area contributed by atoms with E-state index in [2.05, 4.69) is 20.4 Å². The normalized spacial score (nSPS) is 9.82. The highest BCUT2D eigenvalue weighted by atomic mass is 15.3. The summed E-state index contributed by atoms with van der Waals surface area (Å²) in [4.78, 5) is 3.96. The fraction of sp³-hybridized carbons (Fsp3) is 0. The molecule has 108 valence electrons. The number of nitrogens with zero attached hydrogens (tertiary/aromatic N) is 4. The first-order valence-electron chi connectivity index (χ1n) is 6.88. The summed E-state index contributed by atoms with van der Waals surface area (Å²) in [5.74, 6) is 0. The molecule has 1 N–H and O–H groups in total. The number of para-hydroxylation sites is 1. The van der Waals surface area contributed by atoms with Crippen LogP contribution in [-0.4, -0.2) is 25.0 Å². The lowest BCUT2D eigenvalue weighted by Crippen LogP contribution is -1.87. The van der Waals surface area contributed by atoms with Crippen molar-refractivity contribution in [3.8, 4) is 16.9 Å². The summed E-state index contributed by atoms with van der Waals surface area (Å²) in [5.41, 5.74) is 3.11. The average Bonchev–Trinajstić information content (AvgIpc) is 3.31. The van der Waals surface area contributed by atoms with Crippen molar-refractivity contribution in [3.63, 3.8) is 0 Å². The fourth-order valence-electron chi connectivity index (χ4n) is 1.96. The molecular weight excluding hydrogens is 274 g/mol. The molecule has 22 heavy (non-hydrogen) atoms. The second-order valence-corrected chi connectivity index (χ2v) is 4.53. The molecule has 2 aromatic carbocycles. The Morgan fingerprint density at radius 3 is 2.18 bits per heavy atom. The van der Waals surface area contributed by atoms with Gasteiger partial charge in [0, 0.05) is 23.6 Å². The van der Waals surface area contributed by atoms with Crippen LogP contribution in [0.2, 0.25) is 0 Å². The Morgan fingerprint density at radius 1 is 0.864 bits per heavy atom. The van der Waals surface area contributed by atoms with Gasteiger partial charge in [-0.3, -0.25) is 0 Å². The maximum atomic E-state index is 3.96. The van der Waals surface area contributed by atoms with Crippen LogP contribution in [0.25, 0.3) is 16.9 Å². The summed E-state index contributed by atoms with van der Waals surface area (Å²) < 4.78 is 1.97. The molecule has 0 saturated carbocycles. The van der Waals surface area contributed by atoms with Crippen molar-refractivity contribution in [1.29, 1.82) is 0 Å².